The number of rotatable bonds is 5. The average Bonchev–Trinajstić information content (AvgIpc) is 2.58. The van der Waals surface area contributed by atoms with Crippen molar-refractivity contribution >= 4 is 5.69 Å². The zero-order valence-corrected chi connectivity index (χ0v) is 13.6. The highest BCUT2D eigenvalue weighted by Crippen LogP contribution is 2.28. The molecule has 118 valence electrons. The van der Waals surface area contributed by atoms with Gasteiger partial charge in [-0.3, -0.25) is 0 Å². The molecule has 0 radical (unpaired) electrons. The summed E-state index contributed by atoms with van der Waals surface area (Å²) in [6.07, 6.45) is 6.99. The summed E-state index contributed by atoms with van der Waals surface area (Å²) in [6.45, 7) is 3.04. The Morgan fingerprint density at radius 2 is 1.78 bits per heavy atom. The van der Waals surface area contributed by atoms with E-state index in [1.165, 1.54) is 28.7 Å². The van der Waals surface area contributed by atoms with Gasteiger partial charge in [0.05, 0.1) is 6.04 Å². The second kappa shape index (κ2) is 7.30. The van der Waals surface area contributed by atoms with E-state index in [2.05, 4.69) is 66.9 Å². The van der Waals surface area contributed by atoms with Crippen LogP contribution in [0.1, 0.15) is 36.9 Å². The minimum Gasteiger partial charge on any atom is -0.399 e. The normalized spacial score (nSPS) is 15.7. The van der Waals surface area contributed by atoms with Crippen LogP contribution < -0.4 is 11.1 Å². The van der Waals surface area contributed by atoms with Gasteiger partial charge < -0.3 is 11.1 Å². The standard InChI is InChI=1S/C21H24N2/c1-16-6-5-9-19(14-16)21(18-7-3-2-4-8-18)23-15-17-10-12-20(22)13-11-17/h2-4,7-14,21,23H,5-6,15,22H2,1H3. The molecular formula is C21H24N2. The fraction of sp³-hybridized carbons (Fsp3) is 0.238. The number of anilines is 1. The fourth-order valence-corrected chi connectivity index (χ4v) is 3.01. The van der Waals surface area contributed by atoms with E-state index in [1.54, 1.807) is 0 Å². The van der Waals surface area contributed by atoms with Crippen molar-refractivity contribution in [2.24, 2.45) is 0 Å². The molecule has 1 aliphatic rings. The monoisotopic (exact) mass is 304 g/mol. The first kappa shape index (κ1) is 15.6. The summed E-state index contributed by atoms with van der Waals surface area (Å²) >= 11 is 0. The lowest BCUT2D eigenvalue weighted by atomic mass is 9.91. The lowest BCUT2D eigenvalue weighted by Gasteiger charge is -2.23. The summed E-state index contributed by atoms with van der Waals surface area (Å²) in [5, 5.41) is 3.71. The molecule has 23 heavy (non-hydrogen) atoms. The Morgan fingerprint density at radius 1 is 1.04 bits per heavy atom. The van der Waals surface area contributed by atoms with Crippen molar-refractivity contribution < 1.29 is 0 Å². The average molecular weight is 304 g/mol. The summed E-state index contributed by atoms with van der Waals surface area (Å²) < 4.78 is 0. The van der Waals surface area contributed by atoms with Gasteiger partial charge in [-0.2, -0.15) is 0 Å². The highest BCUT2D eigenvalue weighted by molar-refractivity contribution is 5.40. The van der Waals surface area contributed by atoms with Crippen molar-refractivity contribution in [3.8, 4) is 0 Å². The molecule has 0 aromatic heterocycles. The van der Waals surface area contributed by atoms with Crippen molar-refractivity contribution in [2.75, 3.05) is 5.73 Å². The third-order valence-corrected chi connectivity index (χ3v) is 4.29. The maximum absolute atomic E-state index is 5.77. The highest BCUT2D eigenvalue weighted by Gasteiger charge is 2.16. The second-order valence-corrected chi connectivity index (χ2v) is 6.20. The Bertz CT molecular complexity index is 696. The van der Waals surface area contributed by atoms with Crippen LogP contribution in [0.3, 0.4) is 0 Å². The molecular weight excluding hydrogens is 280 g/mol. The Balaban J connectivity index is 1.81. The van der Waals surface area contributed by atoms with Crippen LogP contribution in [-0.4, -0.2) is 0 Å². The van der Waals surface area contributed by atoms with E-state index in [1.807, 2.05) is 12.1 Å². The molecule has 1 atom stereocenters. The highest BCUT2D eigenvalue weighted by atomic mass is 14.9. The van der Waals surface area contributed by atoms with E-state index in [-0.39, 0.29) is 6.04 Å². The molecule has 2 aromatic carbocycles. The molecule has 1 unspecified atom stereocenters. The van der Waals surface area contributed by atoms with Crippen LogP contribution in [0.4, 0.5) is 5.69 Å². The molecule has 3 N–H and O–H groups in total. The third kappa shape index (κ3) is 4.11. The summed E-state index contributed by atoms with van der Waals surface area (Å²) in [5.74, 6) is 0. The van der Waals surface area contributed by atoms with E-state index >= 15 is 0 Å². The molecule has 3 rings (SSSR count). The zero-order chi connectivity index (χ0) is 16.1. The van der Waals surface area contributed by atoms with Gasteiger partial charge in [-0.1, -0.05) is 60.2 Å². The van der Waals surface area contributed by atoms with Crippen LogP contribution in [0.2, 0.25) is 0 Å². The van der Waals surface area contributed by atoms with Crippen LogP contribution in [0.25, 0.3) is 0 Å². The van der Waals surface area contributed by atoms with Gasteiger partial charge in [0.1, 0.15) is 0 Å². The topological polar surface area (TPSA) is 38.0 Å². The van der Waals surface area contributed by atoms with E-state index in [0.717, 1.165) is 18.7 Å². The fourth-order valence-electron chi connectivity index (χ4n) is 3.01. The number of allylic oxidation sites excluding steroid dienone is 2. The number of hydrogen-bond donors (Lipinski definition) is 2. The molecule has 0 aliphatic heterocycles. The van der Waals surface area contributed by atoms with Crippen molar-refractivity contribution in [3.63, 3.8) is 0 Å². The quantitative estimate of drug-likeness (QED) is 0.781. The lowest BCUT2D eigenvalue weighted by Crippen LogP contribution is -2.23. The van der Waals surface area contributed by atoms with Crippen LogP contribution in [0.15, 0.2) is 77.9 Å². The molecule has 2 nitrogen and oxygen atoms in total. The van der Waals surface area contributed by atoms with Crippen LogP contribution in [-0.2, 0) is 6.54 Å². The maximum Gasteiger partial charge on any atom is 0.0576 e. The molecule has 0 heterocycles. The first-order chi connectivity index (χ1) is 11.2. The van der Waals surface area contributed by atoms with Crippen molar-refractivity contribution in [1.29, 1.82) is 0 Å². The van der Waals surface area contributed by atoms with E-state index < -0.39 is 0 Å². The Hall–Kier alpha value is -2.32. The predicted molar refractivity (Wildman–Crippen MR) is 98.0 cm³/mol. The second-order valence-electron chi connectivity index (χ2n) is 6.20. The molecule has 2 heteroatoms. The Kier molecular flexibility index (Phi) is 4.94. The molecule has 2 aromatic rings. The first-order valence-corrected chi connectivity index (χ1v) is 8.22. The number of hydrogen-bond acceptors (Lipinski definition) is 2. The van der Waals surface area contributed by atoms with Gasteiger partial charge in [0.25, 0.3) is 0 Å². The largest absolute Gasteiger partial charge is 0.399 e. The SMILES string of the molecule is CC1=CC(C(NCc2ccc(N)cc2)c2ccccc2)=CCC1. The van der Waals surface area contributed by atoms with Gasteiger partial charge in [0, 0.05) is 12.2 Å². The molecule has 0 saturated heterocycles. The molecule has 0 spiro atoms. The Labute approximate surface area is 138 Å². The zero-order valence-electron chi connectivity index (χ0n) is 13.6. The minimum atomic E-state index is 0.226. The molecule has 0 amide bonds. The number of benzene rings is 2. The van der Waals surface area contributed by atoms with E-state index in [4.69, 9.17) is 5.73 Å². The minimum absolute atomic E-state index is 0.226. The number of nitrogen functional groups attached to an aromatic ring is 1. The van der Waals surface area contributed by atoms with Gasteiger partial charge in [-0.25, -0.2) is 0 Å². The summed E-state index contributed by atoms with van der Waals surface area (Å²) in [5.41, 5.74) is 12.0. The summed E-state index contributed by atoms with van der Waals surface area (Å²) in [4.78, 5) is 0. The van der Waals surface area contributed by atoms with Crippen LogP contribution in [0.5, 0.6) is 0 Å². The first-order valence-electron chi connectivity index (χ1n) is 8.22. The molecule has 1 aliphatic carbocycles. The summed E-state index contributed by atoms with van der Waals surface area (Å²) in [6, 6.07) is 19.0. The molecule has 0 fully saturated rings. The molecule has 0 saturated carbocycles. The van der Waals surface area contributed by atoms with E-state index in [0.29, 0.717) is 0 Å². The maximum atomic E-state index is 5.77. The van der Waals surface area contributed by atoms with E-state index in [9.17, 15) is 0 Å². The van der Waals surface area contributed by atoms with Crippen molar-refractivity contribution in [2.45, 2.75) is 32.4 Å². The summed E-state index contributed by atoms with van der Waals surface area (Å²) in [7, 11) is 0. The van der Waals surface area contributed by atoms with Crippen molar-refractivity contribution in [1.82, 2.24) is 5.32 Å². The molecule has 0 bridgehead atoms. The van der Waals surface area contributed by atoms with Gasteiger partial charge in [-0.15, -0.1) is 0 Å². The van der Waals surface area contributed by atoms with Crippen molar-refractivity contribution in [3.05, 3.63) is 89.0 Å². The number of nitrogens with two attached hydrogens (primary N) is 1. The van der Waals surface area contributed by atoms with Gasteiger partial charge in [0.2, 0.25) is 0 Å². The third-order valence-electron chi connectivity index (χ3n) is 4.29. The van der Waals surface area contributed by atoms with Crippen LogP contribution >= 0.6 is 0 Å². The lowest BCUT2D eigenvalue weighted by molar-refractivity contribution is 0.599. The van der Waals surface area contributed by atoms with Gasteiger partial charge in [0.15, 0.2) is 0 Å². The van der Waals surface area contributed by atoms with Gasteiger partial charge >= 0.3 is 0 Å². The van der Waals surface area contributed by atoms with Gasteiger partial charge in [-0.05, 0) is 48.6 Å². The smallest absolute Gasteiger partial charge is 0.0576 e. The predicted octanol–water partition coefficient (Wildman–Crippen LogP) is 4.77. The number of nitrogens with one attached hydrogen (secondary N) is 1. The Morgan fingerprint density at radius 3 is 2.48 bits per heavy atom. The van der Waals surface area contributed by atoms with Crippen LogP contribution in [0, 0.1) is 0 Å².